The molecule has 21 N–H and O–H groups in total. The van der Waals surface area contributed by atoms with Crippen molar-refractivity contribution in [1.82, 2.24) is 47.9 Å². The lowest BCUT2D eigenvalue weighted by atomic mass is 10.0. The number of aliphatic hydroxyl groups excluding tert-OH is 2. The zero-order valence-electron chi connectivity index (χ0n) is 47.7. The maximum atomic E-state index is 14.0. The van der Waals surface area contributed by atoms with Crippen LogP contribution in [0.3, 0.4) is 0 Å². The molecule has 0 aromatic heterocycles. The number of carboxylic acids is 1. The summed E-state index contributed by atoms with van der Waals surface area (Å²) in [5, 5.41) is 62.6. The van der Waals surface area contributed by atoms with E-state index < -0.39 is 139 Å². The second-order valence-corrected chi connectivity index (χ2v) is 21.4. The first-order valence-electron chi connectivity index (χ1n) is 27.3. The number of phenols is 1. The van der Waals surface area contributed by atoms with Gasteiger partial charge in [-0.3, -0.25) is 48.1 Å². The van der Waals surface area contributed by atoms with Gasteiger partial charge in [0, 0.05) is 19.4 Å². The third-order valence-electron chi connectivity index (χ3n) is 12.7. The molecule has 83 heavy (non-hydrogen) atoms. The lowest BCUT2D eigenvalue weighted by molar-refractivity contribution is -0.143. The van der Waals surface area contributed by atoms with Crippen LogP contribution < -0.4 is 70.8 Å². The van der Waals surface area contributed by atoms with E-state index in [1.807, 2.05) is 20.1 Å². The number of rotatable bonds is 39. The molecule has 0 unspecified atom stereocenters. The Morgan fingerprint density at radius 1 is 0.566 bits per heavy atom. The van der Waals surface area contributed by atoms with E-state index in [9.17, 15) is 68.4 Å². The van der Waals surface area contributed by atoms with Crippen LogP contribution in [0.25, 0.3) is 0 Å². The van der Waals surface area contributed by atoms with Crippen molar-refractivity contribution in [3.63, 3.8) is 0 Å². The number of benzene rings is 2. The van der Waals surface area contributed by atoms with E-state index in [1.54, 1.807) is 44.2 Å². The van der Waals surface area contributed by atoms with Crippen LogP contribution >= 0.6 is 11.8 Å². The molecule has 0 bridgehead atoms. The number of amides is 9. The van der Waals surface area contributed by atoms with Crippen molar-refractivity contribution < 1.29 is 68.4 Å². The molecule has 0 aliphatic carbocycles. The number of hydrogen-bond donors (Lipinski definition) is 17. The summed E-state index contributed by atoms with van der Waals surface area (Å²) in [5.74, 6) is -9.63. The van der Waals surface area contributed by atoms with Crippen molar-refractivity contribution in [3.8, 4) is 5.75 Å². The molecule has 9 atom stereocenters. The molecule has 0 saturated carbocycles. The van der Waals surface area contributed by atoms with Crippen LogP contribution in [-0.4, -0.2) is 185 Å². The number of aliphatic carboxylic acids is 1. The van der Waals surface area contributed by atoms with Crippen LogP contribution in [0.4, 0.5) is 0 Å². The highest BCUT2D eigenvalue weighted by molar-refractivity contribution is 7.98. The largest absolute Gasteiger partial charge is 0.508 e. The number of nitrogens with zero attached hydrogens (tertiary/aromatic N) is 1. The van der Waals surface area contributed by atoms with Crippen LogP contribution in [0.5, 0.6) is 5.75 Å². The third kappa shape index (κ3) is 27.4. The number of guanidine groups is 1. The molecule has 0 heterocycles. The molecular formula is C54H86N14O14S. The number of aliphatic imine (C=N–C) groups is 1. The van der Waals surface area contributed by atoms with Gasteiger partial charge >= 0.3 is 5.97 Å². The molecule has 0 fully saturated rings. The molecule has 0 aliphatic heterocycles. The van der Waals surface area contributed by atoms with Gasteiger partial charge < -0.3 is 91.2 Å². The lowest BCUT2D eigenvalue weighted by Crippen LogP contribution is -2.61. The van der Waals surface area contributed by atoms with Gasteiger partial charge in [-0.15, -0.1) is 0 Å². The number of unbranched alkanes of at least 4 members (excludes halogenated alkanes) is 1. The van der Waals surface area contributed by atoms with Gasteiger partial charge in [0.25, 0.3) is 0 Å². The fourth-order valence-electron chi connectivity index (χ4n) is 8.12. The first kappa shape index (κ1) is 71.5. The summed E-state index contributed by atoms with van der Waals surface area (Å²) < 4.78 is 0. The minimum atomic E-state index is -1.76. The number of carboxylic acid groups (broad SMARTS) is 1. The summed E-state index contributed by atoms with van der Waals surface area (Å²) in [4.78, 5) is 139. The van der Waals surface area contributed by atoms with E-state index in [1.165, 1.54) is 36.0 Å². The second kappa shape index (κ2) is 38.2. The highest BCUT2D eigenvalue weighted by Gasteiger charge is 2.35. The molecule has 0 radical (unpaired) electrons. The lowest BCUT2D eigenvalue weighted by Gasteiger charge is -2.27. The zero-order chi connectivity index (χ0) is 62.2. The van der Waals surface area contributed by atoms with Gasteiger partial charge in [0.05, 0.1) is 25.8 Å². The van der Waals surface area contributed by atoms with Crippen molar-refractivity contribution in [1.29, 1.82) is 0 Å². The van der Waals surface area contributed by atoms with Crippen molar-refractivity contribution in [2.75, 3.05) is 44.9 Å². The molecule has 9 amide bonds. The molecular weight excluding hydrogens is 1100 g/mol. The summed E-state index contributed by atoms with van der Waals surface area (Å²) in [6.45, 7) is 4.38. The maximum absolute atomic E-state index is 14.0. The van der Waals surface area contributed by atoms with Crippen LogP contribution in [0.1, 0.15) is 83.8 Å². The number of thioether (sulfide) groups is 1. The number of carbonyl (C=O) groups is 10. The molecule has 2 rings (SSSR count). The summed E-state index contributed by atoms with van der Waals surface area (Å²) in [5.41, 5.74) is 23.7. The summed E-state index contributed by atoms with van der Waals surface area (Å²) in [7, 11) is 0. The Labute approximate surface area is 487 Å². The van der Waals surface area contributed by atoms with Crippen molar-refractivity contribution in [3.05, 3.63) is 65.7 Å². The molecule has 2 aromatic rings. The molecule has 0 spiro atoms. The number of nitrogens with one attached hydrogen (secondary N) is 9. The predicted molar refractivity (Wildman–Crippen MR) is 310 cm³/mol. The molecule has 28 nitrogen and oxygen atoms in total. The molecule has 2 aromatic carbocycles. The zero-order valence-corrected chi connectivity index (χ0v) is 48.5. The van der Waals surface area contributed by atoms with Gasteiger partial charge in [0.2, 0.25) is 53.2 Å². The van der Waals surface area contributed by atoms with Crippen molar-refractivity contribution in [2.45, 2.75) is 140 Å². The van der Waals surface area contributed by atoms with Crippen LogP contribution in [0.2, 0.25) is 0 Å². The number of phenolic OH excluding ortho intramolecular Hbond substituents is 1. The number of aliphatic hydroxyl groups is 2. The average molecular weight is 1190 g/mol. The molecule has 0 aliphatic rings. The first-order valence-corrected chi connectivity index (χ1v) is 28.7. The Hall–Kier alpha value is -7.60. The van der Waals surface area contributed by atoms with Gasteiger partial charge in [0.1, 0.15) is 54.1 Å². The Morgan fingerprint density at radius 2 is 1.02 bits per heavy atom. The number of aromatic hydroxyl groups is 1. The highest BCUT2D eigenvalue weighted by Crippen LogP contribution is 2.14. The van der Waals surface area contributed by atoms with Gasteiger partial charge in [-0.1, -0.05) is 70.2 Å². The van der Waals surface area contributed by atoms with Gasteiger partial charge in [-0.2, -0.15) is 11.8 Å². The fraction of sp³-hybridized carbons (Fsp3) is 0.574. The number of carbonyl (C=O) groups excluding carboxylic acids is 9. The van der Waals surface area contributed by atoms with Crippen LogP contribution in [0, 0.1) is 11.8 Å². The van der Waals surface area contributed by atoms with Crippen LogP contribution in [0.15, 0.2) is 59.6 Å². The Kier molecular flexibility index (Phi) is 32.9. The minimum Gasteiger partial charge on any atom is -0.508 e. The Balaban J connectivity index is 2.32. The van der Waals surface area contributed by atoms with Gasteiger partial charge in [-0.25, -0.2) is 4.79 Å². The van der Waals surface area contributed by atoms with E-state index in [0.29, 0.717) is 36.1 Å². The average Bonchev–Trinajstić information content (AvgIpc) is 3.50. The third-order valence-corrected chi connectivity index (χ3v) is 13.3. The normalized spacial score (nSPS) is 14.3. The monoisotopic (exact) mass is 1190 g/mol. The molecule has 462 valence electrons. The standard InChI is InChI=1S/C54H86N14O14S/c1-30(2)24-35(56)45(73)62-38(20-23-83-5)48(76)64-37(14-9-10-21-55)47(75)63-36(15-11-22-59-54(57)58)46(74)60-27-43(72)61-41(28-69)51(79)65-39(25-32-12-7-6-8-13-32)49(77)67-42(29-70)52(80)66-40(26-33-16-18-34(71)19-17-33)50(78)68-44(31(3)4)53(81)82/h6-8,12-13,16-19,30-31,35-42,44,69-71H,9-11,14-15,20-29,55-56H2,1-5H3,(H,60,74)(H,61,72)(H,62,73)(H,63,75)(H,64,76)(H,65,79)(H,66,80)(H,67,77)(H,68,78)(H,81,82)(H4,57,58,59)/t35-,36-,37-,38-,39-,40-,41-,42-,44-/m0/s1. The summed E-state index contributed by atoms with van der Waals surface area (Å²) in [6, 6.07) is 1.45. The Bertz CT molecular complexity index is 2450. The smallest absolute Gasteiger partial charge is 0.326 e. The second-order valence-electron chi connectivity index (χ2n) is 20.4. The number of nitrogens with two attached hydrogens (primary N) is 4. The van der Waals surface area contributed by atoms with Crippen molar-refractivity contribution >= 4 is 76.9 Å². The van der Waals surface area contributed by atoms with E-state index in [-0.39, 0.29) is 69.2 Å². The van der Waals surface area contributed by atoms with E-state index in [4.69, 9.17) is 22.9 Å². The topological polar surface area (TPSA) is 476 Å². The van der Waals surface area contributed by atoms with Gasteiger partial charge in [-0.05, 0) is 98.6 Å². The minimum absolute atomic E-state index is 0.0374. The fourth-order valence-corrected chi connectivity index (χ4v) is 8.59. The first-order chi connectivity index (χ1) is 39.3. The Morgan fingerprint density at radius 3 is 1.53 bits per heavy atom. The van der Waals surface area contributed by atoms with Crippen LogP contribution in [-0.2, 0) is 60.8 Å². The molecule has 0 saturated heterocycles. The van der Waals surface area contributed by atoms with E-state index in [2.05, 4.69) is 52.8 Å². The summed E-state index contributed by atoms with van der Waals surface area (Å²) >= 11 is 1.44. The van der Waals surface area contributed by atoms with Gasteiger partial charge in [0.15, 0.2) is 5.96 Å². The van der Waals surface area contributed by atoms with E-state index in [0.717, 1.165) is 0 Å². The summed E-state index contributed by atoms with van der Waals surface area (Å²) in [6.07, 6.45) is 2.99. The maximum Gasteiger partial charge on any atom is 0.326 e. The SMILES string of the molecule is CSCC[C@H](NC(=O)[C@@H](N)CC(C)C)C(=O)N[C@@H](CCCCN)C(=O)N[C@@H](CCCN=C(N)N)C(=O)NCC(=O)N[C@@H](CO)C(=O)N[C@@H](Cc1ccccc1)C(=O)N[C@@H](CO)C(=O)N[C@@H](Cc1ccc(O)cc1)C(=O)N[C@H](C(=O)O)C(C)C. The highest BCUT2D eigenvalue weighted by atomic mass is 32.2. The quantitative estimate of drug-likeness (QED) is 0.0173. The molecule has 29 heteroatoms. The van der Waals surface area contributed by atoms with E-state index >= 15 is 0 Å². The predicted octanol–water partition coefficient (Wildman–Crippen LogP) is -3.79. The number of hydrogen-bond acceptors (Lipinski definition) is 17. The van der Waals surface area contributed by atoms with Crippen molar-refractivity contribution in [2.24, 2.45) is 39.8 Å².